The van der Waals surface area contributed by atoms with E-state index in [1.807, 2.05) is 172 Å². The zero-order valence-corrected chi connectivity index (χ0v) is 65.2. The summed E-state index contributed by atoms with van der Waals surface area (Å²) in [4.78, 5) is 76.8. The van der Waals surface area contributed by atoms with Crippen LogP contribution in [0.3, 0.4) is 0 Å². The molecule has 0 bridgehead atoms. The Morgan fingerprint density at radius 2 is 0.373 bits per heavy atom. The van der Waals surface area contributed by atoms with E-state index < -0.39 is 110 Å². The first-order chi connectivity index (χ1) is 52.2. The molecule has 0 aliphatic carbocycles. The Bertz CT molecular complexity index is 4840. The average Bonchev–Trinajstić information content (AvgIpc) is 0.660. The molecule has 0 saturated heterocycles. The van der Waals surface area contributed by atoms with Gasteiger partial charge in [-0.15, -0.1) is 0 Å². The fourth-order valence-electron chi connectivity index (χ4n) is 15.6. The van der Waals surface area contributed by atoms with Crippen LogP contribution in [0.4, 0.5) is 34.1 Å². The predicted molar refractivity (Wildman–Crippen MR) is 439 cm³/mol. The third-order valence-electron chi connectivity index (χ3n) is 20.4. The first-order valence-electron chi connectivity index (χ1n) is 34.9. The molecular formula is C84H78N6O16P4. The van der Waals surface area contributed by atoms with Crippen LogP contribution in [0.2, 0.25) is 0 Å². The molecule has 560 valence electrons. The molecule has 12 rings (SSSR count). The van der Waals surface area contributed by atoms with Crippen LogP contribution < -0.4 is 47.7 Å². The van der Waals surface area contributed by atoms with E-state index in [-0.39, 0.29) is 64.4 Å². The summed E-state index contributed by atoms with van der Waals surface area (Å²) >= 11 is 0. The normalized spacial score (nSPS) is 13.4. The van der Waals surface area contributed by atoms with Gasteiger partial charge in [0.15, 0.2) is 0 Å². The number of non-ortho nitro benzene ring substituents is 6. The van der Waals surface area contributed by atoms with Crippen LogP contribution in [0.5, 0.6) is 0 Å². The van der Waals surface area contributed by atoms with Gasteiger partial charge in [0.05, 0.1) is 0 Å². The second kappa shape index (κ2) is 29.8. The number of rotatable bonds is 27. The summed E-state index contributed by atoms with van der Waals surface area (Å²) in [5.41, 5.74) is 0.996. The van der Waals surface area contributed by atoms with Gasteiger partial charge in [0, 0.05) is 0 Å². The molecule has 0 unspecified atom stereocenters. The van der Waals surface area contributed by atoms with E-state index in [2.05, 4.69) is 0 Å². The first-order valence-corrected chi connectivity index (χ1v) is 43.4. The van der Waals surface area contributed by atoms with Gasteiger partial charge in [-0.05, 0) is 0 Å². The van der Waals surface area contributed by atoms with Crippen molar-refractivity contribution < 1.29 is 47.0 Å². The second-order valence-electron chi connectivity index (χ2n) is 28.5. The van der Waals surface area contributed by atoms with Crippen molar-refractivity contribution in [3.63, 3.8) is 0 Å². The predicted octanol–water partition coefficient (Wildman–Crippen LogP) is 18.3. The molecule has 0 fully saturated rings. The van der Waals surface area contributed by atoms with Crippen molar-refractivity contribution in [2.24, 2.45) is 0 Å². The van der Waals surface area contributed by atoms with Crippen molar-refractivity contribution in [2.45, 2.75) is 80.8 Å². The molecule has 0 aliphatic rings. The van der Waals surface area contributed by atoms with Crippen molar-refractivity contribution in [3.8, 4) is 0 Å². The summed E-state index contributed by atoms with van der Waals surface area (Å²) in [6.45, 7) is -2.04. The van der Waals surface area contributed by atoms with E-state index in [0.717, 1.165) is 18.2 Å². The second-order valence-corrected chi connectivity index (χ2v) is 44.2. The van der Waals surface area contributed by atoms with Gasteiger partial charge in [0.1, 0.15) is 0 Å². The number of benzene rings is 12. The molecule has 0 aromatic heterocycles. The maximum absolute atomic E-state index is 21.4. The van der Waals surface area contributed by atoms with E-state index in [4.69, 9.17) is 12.9 Å². The van der Waals surface area contributed by atoms with Crippen molar-refractivity contribution in [2.75, 3.05) is 0 Å². The van der Waals surface area contributed by atoms with Crippen LogP contribution in [0.15, 0.2) is 273 Å². The number of nitrogens with zero attached hydrogens (tertiary/aromatic N) is 6. The van der Waals surface area contributed by atoms with E-state index >= 15 is 4.57 Å². The molecule has 0 N–H and O–H groups in total. The van der Waals surface area contributed by atoms with Crippen LogP contribution in [-0.4, -0.2) is 29.5 Å². The summed E-state index contributed by atoms with van der Waals surface area (Å²) < 4.78 is 48.6. The van der Waals surface area contributed by atoms with Crippen LogP contribution in [-0.2, 0) is 36.0 Å². The quantitative estimate of drug-likeness (QED) is 0.0262. The molecule has 0 atom stereocenters. The molecule has 12 aromatic rings. The Labute approximate surface area is 635 Å². The number of phosphoric acid groups is 1. The topological polar surface area (TPSA) is 304 Å². The van der Waals surface area contributed by atoms with Gasteiger partial charge in [0.2, 0.25) is 0 Å². The van der Waals surface area contributed by atoms with E-state index in [0.29, 0.717) is 50.1 Å². The zero-order valence-electron chi connectivity index (χ0n) is 61.6. The van der Waals surface area contributed by atoms with E-state index in [1.165, 1.54) is 36.4 Å². The fourth-order valence-corrected chi connectivity index (χ4v) is 41.0. The standard InChI is InChI=1S/C84H78N6O16P4/c1-58-19-10-28-76(37-58)108(77-29-11-20-59(2)38-77,78-30-12-21-60(3)39-78,55-67-46-70(85(91)92)52-71(47-67)86(93)94)104-107(103,105-109(79-31-13-22-61(4)40-79,80-32-14-23-62(5)41-80,81-33-15-24-63(6)42-81)56-68-48-72(87(95)96)53-73(49-68)88(97)98)106-110(82-34-16-25-64(7)43-82,83-35-17-26-65(8)44-83,84-36-18-27-66(9)45-84)57-69-50-74(89(99)100)54-75(51-69)90(101)102/h10-54H,55-57H2,1-9H3. The van der Waals surface area contributed by atoms with Gasteiger partial charge in [0.25, 0.3) is 0 Å². The van der Waals surface area contributed by atoms with Gasteiger partial charge in [-0.1, -0.05) is 0 Å². The van der Waals surface area contributed by atoms with Gasteiger partial charge in [-0.25, -0.2) is 0 Å². The first kappa shape index (κ1) is 78.0. The minimum atomic E-state index is -6.63. The Balaban J connectivity index is 1.47. The third kappa shape index (κ3) is 14.1. The molecule has 0 heterocycles. The number of hydrogen-bond donors (Lipinski definition) is 0. The SMILES string of the molecule is Cc1cccc(P(Cc2cc([N+](=O)[O-])cc([N+](=O)[O-])c2)(OP(=O)(OP(Cc2cc([N+](=O)[O-])cc([N+](=O)[O-])c2)(c2cccc(C)c2)(c2cccc(C)c2)c2cccc(C)c2)OP(Cc2cc([N+](=O)[O-])cc([N+](=O)[O-])c2)(c2cccc(C)c2)(c2cccc(C)c2)c2cccc(C)c2)(c2cccc(C)c2)c2cccc(C)c2)c1. The monoisotopic (exact) mass is 1550 g/mol. The van der Waals surface area contributed by atoms with E-state index in [1.54, 1.807) is 109 Å². The van der Waals surface area contributed by atoms with Crippen molar-refractivity contribution in [1.29, 1.82) is 0 Å². The molecule has 26 heteroatoms. The zero-order chi connectivity index (χ0) is 79.0. The van der Waals surface area contributed by atoms with Crippen LogP contribution in [0, 0.1) is 123 Å². The molecule has 0 saturated carbocycles. The molecule has 12 aromatic carbocycles. The summed E-state index contributed by atoms with van der Waals surface area (Å²) in [6, 6.07) is 74.2. The molecule has 0 aliphatic heterocycles. The summed E-state index contributed by atoms with van der Waals surface area (Å²) in [6.07, 6.45) is -1.92. The maximum atomic E-state index is 21.4. The minimum absolute atomic E-state index is 0.0745. The summed E-state index contributed by atoms with van der Waals surface area (Å²) in [5.74, 6) is 0. The van der Waals surface area contributed by atoms with Crippen molar-refractivity contribution in [1.82, 2.24) is 0 Å². The van der Waals surface area contributed by atoms with Gasteiger partial charge >= 0.3 is 638 Å². The Kier molecular flexibility index (Phi) is 21.1. The number of nitro groups is 6. The molecular weight excluding hydrogens is 1470 g/mol. The summed E-state index contributed by atoms with van der Waals surface area (Å²) in [7, 11) is -6.63. The third-order valence-corrected chi connectivity index (χ3v) is 42.3. The molecule has 110 heavy (non-hydrogen) atoms. The van der Waals surface area contributed by atoms with Gasteiger partial charge < -0.3 is 0 Å². The summed E-state index contributed by atoms with van der Waals surface area (Å²) in [5, 5.41) is 83.7. The van der Waals surface area contributed by atoms with E-state index in [9.17, 15) is 60.7 Å². The Morgan fingerprint density at radius 3 is 0.491 bits per heavy atom. The Hall–Kier alpha value is -11.6. The van der Waals surface area contributed by atoms with Gasteiger partial charge in [-0.3, -0.25) is 0 Å². The number of hydrogen-bond acceptors (Lipinski definition) is 16. The number of nitro benzene ring substituents is 6. The van der Waals surface area contributed by atoms with Gasteiger partial charge in [-0.2, -0.15) is 0 Å². The van der Waals surface area contributed by atoms with Crippen LogP contribution >= 0.6 is 28.3 Å². The van der Waals surface area contributed by atoms with Crippen molar-refractivity contribution >= 4 is 110 Å². The Morgan fingerprint density at radius 1 is 0.236 bits per heavy atom. The molecule has 0 spiro atoms. The fraction of sp³-hybridized carbons (Fsp3) is 0.143. The average molecular weight is 1550 g/mol. The molecule has 0 radical (unpaired) electrons. The van der Waals surface area contributed by atoms with Crippen molar-refractivity contribution in [3.05, 3.63) is 400 Å². The van der Waals surface area contributed by atoms with Crippen LogP contribution in [0.1, 0.15) is 66.8 Å². The molecule has 0 amide bonds. The van der Waals surface area contributed by atoms with Crippen LogP contribution in [0.25, 0.3) is 0 Å². The number of aryl methyl sites for hydroxylation is 9. The molecule has 22 nitrogen and oxygen atoms in total.